The molecule has 0 saturated heterocycles. The van der Waals surface area contributed by atoms with Crippen molar-refractivity contribution in [3.63, 3.8) is 0 Å². The van der Waals surface area contributed by atoms with Crippen molar-refractivity contribution in [2.45, 2.75) is 6.42 Å². The molecule has 0 rings (SSSR count). The summed E-state index contributed by atoms with van der Waals surface area (Å²) in [6.45, 7) is 0.147. The van der Waals surface area contributed by atoms with E-state index in [-0.39, 0.29) is 13.0 Å². The summed E-state index contributed by atoms with van der Waals surface area (Å²) in [5.41, 5.74) is 4.82. The third-order valence-corrected chi connectivity index (χ3v) is 2.55. The highest BCUT2D eigenvalue weighted by atomic mass is 32.2. The van der Waals surface area contributed by atoms with Crippen LogP contribution in [0.2, 0.25) is 0 Å². The molecule has 2 N–H and O–H groups in total. The van der Waals surface area contributed by atoms with E-state index < -0.39 is 15.9 Å². The second-order valence-electron chi connectivity index (χ2n) is 2.30. The quantitative estimate of drug-likeness (QED) is 0.587. The molecule has 66 valence electrons. The summed E-state index contributed by atoms with van der Waals surface area (Å²) < 4.78 is 22.5. The van der Waals surface area contributed by atoms with Crippen molar-refractivity contribution in [3.05, 3.63) is 0 Å². The van der Waals surface area contributed by atoms with E-state index in [2.05, 4.69) is 0 Å². The lowest BCUT2D eigenvalue weighted by molar-refractivity contribution is -0.118. The van der Waals surface area contributed by atoms with Gasteiger partial charge in [-0.3, -0.25) is 4.79 Å². The van der Waals surface area contributed by atoms with Gasteiger partial charge in [0.25, 0.3) is 0 Å². The second-order valence-corrected chi connectivity index (χ2v) is 4.39. The molecular formula is C5H12N2O3S. The second kappa shape index (κ2) is 3.68. The van der Waals surface area contributed by atoms with E-state index in [0.29, 0.717) is 0 Å². The van der Waals surface area contributed by atoms with Gasteiger partial charge in [0.2, 0.25) is 15.9 Å². The summed E-state index contributed by atoms with van der Waals surface area (Å²) in [6.07, 6.45) is 1.14. The van der Waals surface area contributed by atoms with E-state index in [0.717, 1.165) is 10.6 Å². The van der Waals surface area contributed by atoms with E-state index in [4.69, 9.17) is 5.73 Å². The van der Waals surface area contributed by atoms with Crippen LogP contribution in [-0.4, -0.2) is 38.5 Å². The summed E-state index contributed by atoms with van der Waals surface area (Å²) in [6, 6.07) is 0. The number of primary amides is 1. The fourth-order valence-electron chi connectivity index (χ4n) is 0.433. The zero-order valence-electron chi connectivity index (χ0n) is 6.57. The van der Waals surface area contributed by atoms with Crippen molar-refractivity contribution in [1.82, 2.24) is 4.31 Å². The molecule has 0 aromatic heterocycles. The van der Waals surface area contributed by atoms with Crippen LogP contribution in [0.25, 0.3) is 0 Å². The number of carbonyl (C=O) groups excluding carboxylic acids is 1. The van der Waals surface area contributed by atoms with Gasteiger partial charge < -0.3 is 5.73 Å². The van der Waals surface area contributed by atoms with Crippen LogP contribution in [-0.2, 0) is 14.8 Å². The van der Waals surface area contributed by atoms with Crippen LogP contribution in [0, 0.1) is 0 Å². The molecule has 0 aromatic rings. The van der Waals surface area contributed by atoms with Crippen LogP contribution in [0.1, 0.15) is 6.42 Å². The number of hydrogen-bond acceptors (Lipinski definition) is 3. The van der Waals surface area contributed by atoms with Gasteiger partial charge in [-0.05, 0) is 0 Å². The Morgan fingerprint density at radius 2 is 2.00 bits per heavy atom. The first-order valence-corrected chi connectivity index (χ1v) is 4.88. The molecule has 0 bridgehead atoms. The highest BCUT2D eigenvalue weighted by molar-refractivity contribution is 7.88. The lowest BCUT2D eigenvalue weighted by atomic mass is 10.4. The van der Waals surface area contributed by atoms with Crippen molar-refractivity contribution >= 4 is 15.9 Å². The first kappa shape index (κ1) is 10.4. The number of amides is 1. The number of carbonyl (C=O) groups is 1. The Morgan fingerprint density at radius 3 is 2.27 bits per heavy atom. The zero-order valence-corrected chi connectivity index (χ0v) is 7.39. The minimum Gasteiger partial charge on any atom is -0.370 e. The largest absolute Gasteiger partial charge is 0.370 e. The number of rotatable bonds is 4. The monoisotopic (exact) mass is 180 g/mol. The highest BCUT2D eigenvalue weighted by Gasteiger charge is 2.10. The Bertz CT molecular complexity index is 234. The number of nitrogens with two attached hydrogens (primary N) is 1. The molecule has 0 aliphatic rings. The van der Waals surface area contributed by atoms with Crippen LogP contribution in [0.5, 0.6) is 0 Å². The van der Waals surface area contributed by atoms with Crippen molar-refractivity contribution in [2.75, 3.05) is 19.8 Å². The Hall–Kier alpha value is -0.620. The standard InChI is InChI=1S/C5H12N2O3S/c1-7(11(2,9)10)4-3-5(6)8/h3-4H2,1-2H3,(H2,6,8). The molecule has 0 heterocycles. The molecule has 5 nitrogen and oxygen atoms in total. The normalized spacial score (nSPS) is 11.9. The minimum atomic E-state index is -3.17. The van der Waals surface area contributed by atoms with Gasteiger partial charge in [-0.25, -0.2) is 12.7 Å². The van der Waals surface area contributed by atoms with Gasteiger partial charge in [0, 0.05) is 20.0 Å². The first-order valence-electron chi connectivity index (χ1n) is 3.03. The van der Waals surface area contributed by atoms with Gasteiger partial charge in [0.15, 0.2) is 0 Å². The maximum Gasteiger partial charge on any atom is 0.218 e. The van der Waals surface area contributed by atoms with Crippen molar-refractivity contribution < 1.29 is 13.2 Å². The Morgan fingerprint density at radius 1 is 1.55 bits per heavy atom. The van der Waals surface area contributed by atoms with Crippen LogP contribution in [0.15, 0.2) is 0 Å². The van der Waals surface area contributed by atoms with Crippen molar-refractivity contribution in [2.24, 2.45) is 5.73 Å². The zero-order chi connectivity index (χ0) is 9.07. The van der Waals surface area contributed by atoms with Crippen LogP contribution in [0.3, 0.4) is 0 Å². The van der Waals surface area contributed by atoms with E-state index in [1.807, 2.05) is 0 Å². The molecule has 0 saturated carbocycles. The summed E-state index contributed by atoms with van der Waals surface area (Å²) in [5.74, 6) is -0.500. The van der Waals surface area contributed by atoms with Crippen LogP contribution < -0.4 is 5.73 Å². The summed E-state index contributed by atoms with van der Waals surface area (Å²) >= 11 is 0. The average molecular weight is 180 g/mol. The number of sulfonamides is 1. The predicted molar refractivity (Wildman–Crippen MR) is 41.3 cm³/mol. The van der Waals surface area contributed by atoms with Gasteiger partial charge in [-0.2, -0.15) is 0 Å². The lowest BCUT2D eigenvalue weighted by Gasteiger charge is -2.11. The van der Waals surface area contributed by atoms with Crippen LogP contribution in [0.4, 0.5) is 0 Å². The van der Waals surface area contributed by atoms with Gasteiger partial charge in [-0.15, -0.1) is 0 Å². The smallest absolute Gasteiger partial charge is 0.218 e. The average Bonchev–Trinajstić information content (AvgIpc) is 1.80. The van der Waals surface area contributed by atoms with Gasteiger partial charge >= 0.3 is 0 Å². The fraction of sp³-hybridized carbons (Fsp3) is 0.800. The van der Waals surface area contributed by atoms with E-state index >= 15 is 0 Å². The summed E-state index contributed by atoms with van der Waals surface area (Å²) in [7, 11) is -1.77. The molecule has 0 atom stereocenters. The molecule has 0 aliphatic heterocycles. The minimum absolute atomic E-state index is 0.0591. The number of nitrogens with zero attached hydrogens (tertiary/aromatic N) is 1. The lowest BCUT2D eigenvalue weighted by Crippen LogP contribution is -2.29. The third kappa shape index (κ3) is 4.74. The molecular weight excluding hydrogens is 168 g/mol. The summed E-state index contributed by atoms with van der Waals surface area (Å²) in [4.78, 5) is 10.2. The Kier molecular flexibility index (Phi) is 3.47. The van der Waals surface area contributed by atoms with Crippen molar-refractivity contribution in [3.8, 4) is 0 Å². The van der Waals surface area contributed by atoms with Gasteiger partial charge in [0.1, 0.15) is 0 Å². The molecule has 6 heteroatoms. The van der Waals surface area contributed by atoms with E-state index in [1.54, 1.807) is 0 Å². The van der Waals surface area contributed by atoms with Gasteiger partial charge in [-0.1, -0.05) is 0 Å². The van der Waals surface area contributed by atoms with E-state index in [9.17, 15) is 13.2 Å². The topological polar surface area (TPSA) is 80.5 Å². The molecule has 0 aromatic carbocycles. The van der Waals surface area contributed by atoms with E-state index in [1.165, 1.54) is 7.05 Å². The Balaban J connectivity index is 3.90. The predicted octanol–water partition coefficient (Wildman–Crippen LogP) is -1.25. The van der Waals surface area contributed by atoms with Gasteiger partial charge in [0.05, 0.1) is 6.26 Å². The summed E-state index contributed by atoms with van der Waals surface area (Å²) in [5, 5.41) is 0. The first-order chi connectivity index (χ1) is 4.84. The molecule has 0 fully saturated rings. The maximum absolute atomic E-state index is 10.7. The SMILES string of the molecule is CN(CCC(N)=O)S(C)(=O)=O. The molecule has 1 amide bonds. The molecule has 0 unspecified atom stereocenters. The molecule has 11 heavy (non-hydrogen) atoms. The molecule has 0 aliphatic carbocycles. The Labute approximate surface area is 66.2 Å². The third-order valence-electron chi connectivity index (χ3n) is 1.24. The fourth-order valence-corrected chi connectivity index (χ4v) is 0.856. The number of hydrogen-bond donors (Lipinski definition) is 1. The van der Waals surface area contributed by atoms with Crippen molar-refractivity contribution in [1.29, 1.82) is 0 Å². The molecule has 0 spiro atoms. The molecule has 0 radical (unpaired) electrons. The maximum atomic E-state index is 10.7. The highest BCUT2D eigenvalue weighted by Crippen LogP contribution is 1.93. The van der Waals surface area contributed by atoms with Crippen LogP contribution >= 0.6 is 0 Å².